The Morgan fingerprint density at radius 3 is 2.03 bits per heavy atom. The average Bonchev–Trinajstić information content (AvgIpc) is 4.14. The molecule has 378 valence electrons. The molecule has 7 atom stereocenters. The number of urea groups is 3. The Hall–Kier alpha value is -7.04. The number of imide groups is 4. The van der Waals surface area contributed by atoms with Gasteiger partial charge < -0.3 is 14.8 Å². The number of barbiturate groups is 1. The minimum Gasteiger partial charge on any atom is -0.323 e. The first kappa shape index (κ1) is 49.9. The minimum atomic E-state index is -1.71. The van der Waals surface area contributed by atoms with Gasteiger partial charge in [-0.1, -0.05) is 74.7 Å². The maximum Gasteiger partial charge on any atom is 0.333 e. The lowest BCUT2D eigenvalue weighted by molar-refractivity contribution is -0.154. The van der Waals surface area contributed by atoms with Crippen LogP contribution in [0.3, 0.4) is 0 Å². The van der Waals surface area contributed by atoms with Gasteiger partial charge in [0.05, 0.1) is 25.3 Å². The molecule has 9 rings (SSSR count). The lowest BCUT2D eigenvalue weighted by Gasteiger charge is -2.44. The molecule has 6 aliphatic rings. The third kappa shape index (κ3) is 8.17. The van der Waals surface area contributed by atoms with Crippen LogP contribution >= 0.6 is 0 Å². The average molecular weight is 982 g/mol. The highest BCUT2D eigenvalue weighted by Gasteiger charge is 2.61. The van der Waals surface area contributed by atoms with E-state index in [9.17, 15) is 47.9 Å². The van der Waals surface area contributed by atoms with E-state index in [-0.39, 0.29) is 40.8 Å². The predicted molar refractivity (Wildman–Crippen MR) is 262 cm³/mol. The van der Waals surface area contributed by atoms with Crippen molar-refractivity contribution in [1.82, 2.24) is 34.4 Å². The number of amides is 10. The molecule has 0 spiro atoms. The number of ketones is 3. The van der Waals surface area contributed by atoms with E-state index in [1.165, 1.54) is 18.9 Å². The normalized spacial score (nSPS) is 29.4. The van der Waals surface area contributed by atoms with Crippen molar-refractivity contribution in [2.24, 2.45) is 35.0 Å². The molecule has 5 fully saturated rings. The second kappa shape index (κ2) is 18.9. The Bertz CT molecular complexity index is 2830. The summed E-state index contributed by atoms with van der Waals surface area (Å²) in [4.78, 5) is 143. The van der Waals surface area contributed by atoms with Gasteiger partial charge in [0.2, 0.25) is 5.91 Å². The summed E-state index contributed by atoms with van der Waals surface area (Å²) in [7, 11) is 2.91. The summed E-state index contributed by atoms with van der Waals surface area (Å²) in [5, 5.41) is 2.86. The summed E-state index contributed by atoms with van der Waals surface area (Å²) in [6.07, 6.45) is 11.3. The summed E-state index contributed by atoms with van der Waals surface area (Å²) in [6.45, 7) is 5.61. The van der Waals surface area contributed by atoms with E-state index in [0.717, 1.165) is 64.5 Å². The molecular formula is C55H63N7O10. The van der Waals surface area contributed by atoms with E-state index in [0.29, 0.717) is 36.1 Å². The van der Waals surface area contributed by atoms with E-state index >= 15 is 0 Å². The van der Waals surface area contributed by atoms with Gasteiger partial charge in [0, 0.05) is 37.1 Å². The summed E-state index contributed by atoms with van der Waals surface area (Å²) >= 11 is 0. The number of likely N-dealkylation sites (N-methyl/N-ethyl adjacent to an activating group) is 1. The van der Waals surface area contributed by atoms with E-state index in [1.807, 2.05) is 6.08 Å². The van der Waals surface area contributed by atoms with Crippen LogP contribution in [0.15, 0.2) is 84.6 Å². The number of carbonyl (C=O) groups is 10. The zero-order valence-corrected chi connectivity index (χ0v) is 41.9. The van der Waals surface area contributed by atoms with Gasteiger partial charge >= 0.3 is 18.1 Å². The number of benzene rings is 2. The molecule has 0 bridgehead atoms. The number of nitrogens with zero attached hydrogens (tertiary/aromatic N) is 6. The Morgan fingerprint density at radius 2 is 1.31 bits per heavy atom. The van der Waals surface area contributed by atoms with Gasteiger partial charge in [-0.15, -0.1) is 0 Å². The van der Waals surface area contributed by atoms with Gasteiger partial charge in [-0.05, 0) is 125 Å². The quantitative estimate of drug-likeness (QED) is 0.0752. The maximum absolute atomic E-state index is 14.7. The van der Waals surface area contributed by atoms with Crippen LogP contribution in [0, 0.1) is 35.0 Å². The Kier molecular flexibility index (Phi) is 13.1. The number of carbonyl (C=O) groups excluding carboxylic acids is 10. The van der Waals surface area contributed by atoms with Crippen LogP contribution in [-0.4, -0.2) is 133 Å². The van der Waals surface area contributed by atoms with Crippen molar-refractivity contribution in [3.63, 3.8) is 0 Å². The molecule has 7 unspecified atom stereocenters. The summed E-state index contributed by atoms with van der Waals surface area (Å²) in [5.74, 6) is -3.92. The summed E-state index contributed by atoms with van der Waals surface area (Å²) < 4.78 is 1.57. The molecule has 3 aromatic rings. The number of hydrogen-bond donors (Lipinski definition) is 1. The molecule has 17 heteroatoms. The molecule has 2 saturated carbocycles. The zero-order chi connectivity index (χ0) is 51.6. The predicted octanol–water partition coefficient (Wildman–Crippen LogP) is 7.08. The minimum absolute atomic E-state index is 0.00713. The highest BCUT2D eigenvalue weighted by atomic mass is 16.2. The van der Waals surface area contributed by atoms with Crippen molar-refractivity contribution in [1.29, 1.82) is 0 Å². The van der Waals surface area contributed by atoms with Gasteiger partial charge in [-0.2, -0.15) is 0 Å². The fraction of sp³-hybridized carbons (Fsp3) is 0.491. The molecule has 3 aliphatic heterocycles. The van der Waals surface area contributed by atoms with Crippen LogP contribution in [-0.2, 0) is 19.2 Å². The molecule has 72 heavy (non-hydrogen) atoms. The van der Waals surface area contributed by atoms with Crippen LogP contribution in [0.5, 0.6) is 0 Å². The van der Waals surface area contributed by atoms with E-state index in [4.69, 9.17) is 0 Å². The van der Waals surface area contributed by atoms with Crippen LogP contribution in [0.1, 0.15) is 123 Å². The van der Waals surface area contributed by atoms with Gasteiger partial charge in [-0.3, -0.25) is 53.2 Å². The van der Waals surface area contributed by atoms with Crippen molar-refractivity contribution in [3.8, 4) is 5.69 Å². The molecule has 3 aliphatic carbocycles. The van der Waals surface area contributed by atoms with Gasteiger partial charge in [0.15, 0.2) is 17.3 Å². The molecule has 17 nitrogen and oxygen atoms in total. The largest absolute Gasteiger partial charge is 0.333 e. The van der Waals surface area contributed by atoms with Crippen LogP contribution in [0.2, 0.25) is 0 Å². The van der Waals surface area contributed by atoms with Crippen molar-refractivity contribution in [2.45, 2.75) is 103 Å². The van der Waals surface area contributed by atoms with Crippen LogP contribution in [0.4, 0.5) is 14.4 Å². The van der Waals surface area contributed by atoms with Gasteiger partial charge in [0.25, 0.3) is 17.7 Å². The highest BCUT2D eigenvalue weighted by Crippen LogP contribution is 2.53. The van der Waals surface area contributed by atoms with Crippen molar-refractivity contribution >= 4 is 59.1 Å². The third-order valence-corrected chi connectivity index (χ3v) is 17.4. The van der Waals surface area contributed by atoms with Gasteiger partial charge in [0.1, 0.15) is 16.5 Å². The van der Waals surface area contributed by atoms with Crippen molar-refractivity contribution < 1.29 is 47.9 Å². The standard InChI is InChI=1S/C55H63N7O10/c1-33-26-37(35-18-13-22-39(27-35)53(2)46(66)57(5)51(71)61(47(53)67)31-43(63)34-16-9-7-10-17-34)29-41(33)55(4)49(69)62(52(72)58(55)6)32-45(65)42-24-15-25-59(42)40-23-14-19-36(28-40)44(64)30-60-48(68)54(3,56-50(60)70)38-20-11-8-12-21-38/h7,9-10,14-17,19,22-25,28,33,35,37-38,41H,8,11-13,18,20-21,26-27,29-32H2,1-6H3,(H,56,70). The molecule has 10 amide bonds. The molecule has 0 radical (unpaired) electrons. The summed E-state index contributed by atoms with van der Waals surface area (Å²) in [6, 6.07) is 16.0. The zero-order valence-electron chi connectivity index (χ0n) is 41.9. The Morgan fingerprint density at radius 1 is 0.653 bits per heavy atom. The number of rotatable bonds is 14. The molecule has 4 heterocycles. The lowest BCUT2D eigenvalue weighted by Crippen LogP contribution is -2.64. The SMILES string of the molecule is CC1CC(C2CCC=C(C3(C)C(=O)N(C)C(=O)N(CC(=O)c4ccccc4)C3=O)C2)CC1C1(C)C(=O)N(CC(=O)c2cccn2-c2cccc(C(=O)CN3C(=O)NC(C)(C4CCCCC4)C3=O)c2)C(=O)N1C. The molecule has 1 aromatic heterocycles. The maximum atomic E-state index is 14.7. The monoisotopic (exact) mass is 981 g/mol. The summed E-state index contributed by atoms with van der Waals surface area (Å²) in [5.41, 5.74) is -2.27. The van der Waals surface area contributed by atoms with Gasteiger partial charge in [-0.25, -0.2) is 14.4 Å². The smallest absolute Gasteiger partial charge is 0.323 e. The fourth-order valence-electron chi connectivity index (χ4n) is 12.9. The van der Waals surface area contributed by atoms with Crippen molar-refractivity contribution in [2.75, 3.05) is 33.7 Å². The first-order valence-corrected chi connectivity index (χ1v) is 25.2. The highest BCUT2D eigenvalue weighted by molar-refractivity contribution is 6.22. The second-order valence-corrected chi connectivity index (χ2v) is 21.4. The van der Waals surface area contributed by atoms with Crippen molar-refractivity contribution in [3.05, 3.63) is 101 Å². The van der Waals surface area contributed by atoms with E-state index in [2.05, 4.69) is 12.2 Å². The first-order valence-electron chi connectivity index (χ1n) is 25.2. The molecule has 3 saturated heterocycles. The Balaban J connectivity index is 0.861. The topological polar surface area (TPSA) is 204 Å². The Labute approximate surface area is 418 Å². The number of allylic oxidation sites excluding steroid dienone is 1. The number of Topliss-reactive ketones (excluding diaryl/α,β-unsaturated/α-hetero) is 3. The number of nitrogens with one attached hydrogen (secondary N) is 1. The fourth-order valence-corrected chi connectivity index (χ4v) is 12.9. The first-order chi connectivity index (χ1) is 34.2. The number of hydrogen-bond acceptors (Lipinski definition) is 10. The second-order valence-electron chi connectivity index (χ2n) is 21.4. The van der Waals surface area contributed by atoms with E-state index in [1.54, 1.807) is 98.4 Å². The molecular weight excluding hydrogens is 919 g/mol. The molecule has 1 N–H and O–H groups in total. The van der Waals surface area contributed by atoms with Crippen LogP contribution in [0.25, 0.3) is 5.69 Å². The third-order valence-electron chi connectivity index (χ3n) is 17.4. The van der Waals surface area contributed by atoms with E-state index < -0.39 is 95.2 Å². The van der Waals surface area contributed by atoms with Crippen LogP contribution < -0.4 is 5.32 Å². The molecule has 2 aromatic carbocycles. The number of aromatic nitrogens is 1. The lowest BCUT2D eigenvalue weighted by atomic mass is 9.68.